The van der Waals surface area contributed by atoms with Crippen LogP contribution in [0.3, 0.4) is 0 Å². The molecule has 202 valence electrons. The van der Waals surface area contributed by atoms with Gasteiger partial charge in [0.2, 0.25) is 5.91 Å². The quantitative estimate of drug-likeness (QED) is 0.498. The van der Waals surface area contributed by atoms with Crippen LogP contribution in [-0.2, 0) is 19.6 Å². The van der Waals surface area contributed by atoms with Gasteiger partial charge in [0.25, 0.3) is 10.0 Å². The second-order valence-corrected chi connectivity index (χ2v) is 12.7. The molecule has 2 amide bonds. The van der Waals surface area contributed by atoms with Crippen molar-refractivity contribution in [2.75, 3.05) is 13.1 Å². The van der Waals surface area contributed by atoms with Crippen LogP contribution in [0.15, 0.2) is 29.4 Å². The lowest BCUT2D eigenvalue weighted by molar-refractivity contribution is -0.125. The summed E-state index contributed by atoms with van der Waals surface area (Å²) in [6.07, 6.45) is 6.41. The first-order chi connectivity index (χ1) is 17.0. The Hall–Kier alpha value is -2.24. The number of hydrogen-bond acceptors (Lipinski definition) is 7. The third kappa shape index (κ3) is 8.14. The van der Waals surface area contributed by atoms with E-state index in [1.54, 1.807) is 32.9 Å². The monoisotopic (exact) mass is 524 g/mol. The van der Waals surface area contributed by atoms with Crippen molar-refractivity contribution in [3.63, 3.8) is 0 Å². The number of aliphatic hydroxyl groups is 1. The van der Waals surface area contributed by atoms with E-state index < -0.39 is 45.8 Å². The Bertz CT molecular complexity index is 976. The fourth-order valence-electron chi connectivity index (χ4n) is 4.85. The number of nitrogens with one attached hydrogen (secondary N) is 2. The largest absolute Gasteiger partial charge is 0.444 e. The first-order valence-corrected chi connectivity index (χ1v) is 14.3. The van der Waals surface area contributed by atoms with Gasteiger partial charge in [-0.15, -0.1) is 0 Å². The van der Waals surface area contributed by atoms with E-state index >= 15 is 0 Å². The summed E-state index contributed by atoms with van der Waals surface area (Å²) in [4.78, 5) is 29.7. The van der Waals surface area contributed by atoms with Gasteiger partial charge in [-0.2, -0.15) is 4.31 Å². The molecule has 0 bridgehead atoms. The van der Waals surface area contributed by atoms with Crippen LogP contribution in [0.25, 0.3) is 0 Å². The number of ether oxygens (including phenoxy) is 1. The van der Waals surface area contributed by atoms with E-state index in [-0.39, 0.29) is 18.1 Å². The van der Waals surface area contributed by atoms with Crippen LogP contribution in [-0.4, -0.2) is 71.7 Å². The van der Waals surface area contributed by atoms with E-state index in [1.165, 1.54) is 23.0 Å². The van der Waals surface area contributed by atoms with Crippen LogP contribution in [0.5, 0.6) is 0 Å². The van der Waals surface area contributed by atoms with Crippen LogP contribution < -0.4 is 10.6 Å². The van der Waals surface area contributed by atoms with Crippen LogP contribution in [0.4, 0.5) is 4.79 Å². The van der Waals surface area contributed by atoms with Crippen LogP contribution in [0, 0.1) is 5.92 Å². The van der Waals surface area contributed by atoms with Crippen molar-refractivity contribution in [2.45, 2.75) is 101 Å². The lowest BCUT2D eigenvalue weighted by Gasteiger charge is -2.30. The number of amides is 2. The number of β-amino-alcohol motifs (C(OH)–C–C–N with tert-alkyl or cyclic N) is 1. The first-order valence-electron chi connectivity index (χ1n) is 12.8. The highest BCUT2D eigenvalue weighted by molar-refractivity contribution is 7.89. The molecule has 10 nitrogen and oxygen atoms in total. The third-order valence-electron chi connectivity index (χ3n) is 6.65. The Morgan fingerprint density at radius 1 is 1.17 bits per heavy atom. The molecular weight excluding hydrogens is 484 g/mol. The van der Waals surface area contributed by atoms with Crippen molar-refractivity contribution in [1.82, 2.24) is 19.9 Å². The minimum Gasteiger partial charge on any atom is -0.444 e. The lowest BCUT2D eigenvalue weighted by Crippen LogP contribution is -2.54. The van der Waals surface area contributed by atoms with Crippen molar-refractivity contribution < 1.29 is 27.9 Å². The van der Waals surface area contributed by atoms with Gasteiger partial charge in [0.05, 0.1) is 12.1 Å². The number of aliphatic hydroxyl groups excluding tert-OH is 1. The van der Waals surface area contributed by atoms with Crippen molar-refractivity contribution in [1.29, 1.82) is 0 Å². The van der Waals surface area contributed by atoms with Gasteiger partial charge in [-0.25, -0.2) is 18.2 Å². The van der Waals surface area contributed by atoms with Gasteiger partial charge in [-0.3, -0.25) is 4.79 Å². The predicted octanol–water partition coefficient (Wildman–Crippen LogP) is 2.58. The van der Waals surface area contributed by atoms with Crippen molar-refractivity contribution in [3.8, 4) is 0 Å². The maximum atomic E-state index is 13.3. The number of pyridine rings is 1. The smallest absolute Gasteiger partial charge is 0.408 e. The first kappa shape index (κ1) is 28.3. The van der Waals surface area contributed by atoms with Gasteiger partial charge in [-0.1, -0.05) is 38.2 Å². The molecule has 1 aromatic heterocycles. The van der Waals surface area contributed by atoms with E-state index in [0.29, 0.717) is 25.2 Å². The number of sulfonamides is 1. The van der Waals surface area contributed by atoms with Crippen molar-refractivity contribution in [3.05, 3.63) is 24.4 Å². The molecule has 2 aliphatic rings. The average Bonchev–Trinajstić information content (AvgIpc) is 3.00. The molecule has 3 rings (SSSR count). The zero-order valence-corrected chi connectivity index (χ0v) is 22.3. The molecule has 2 fully saturated rings. The highest BCUT2D eigenvalue weighted by Gasteiger charge is 2.36. The fourth-order valence-corrected chi connectivity index (χ4v) is 6.27. The number of carbonyl (C=O) groups excluding carboxylic acids is 2. The molecule has 0 radical (unpaired) electrons. The Kier molecular flexibility index (Phi) is 9.71. The van der Waals surface area contributed by atoms with Gasteiger partial charge in [0.15, 0.2) is 5.03 Å². The number of rotatable bonds is 7. The van der Waals surface area contributed by atoms with E-state index in [0.717, 1.165) is 25.7 Å². The Labute approximate surface area is 214 Å². The predicted molar refractivity (Wildman–Crippen MR) is 135 cm³/mol. The SMILES string of the molecule is CC(C)(C)OC(=O)NC(CC1CCCCC1)C(=O)NC1CCCN(S(=O)(=O)c2ccccn2)C[C@@H]1O. The summed E-state index contributed by atoms with van der Waals surface area (Å²) in [5, 5.41) is 16.4. The Morgan fingerprint density at radius 3 is 2.53 bits per heavy atom. The lowest BCUT2D eigenvalue weighted by atomic mass is 9.84. The highest BCUT2D eigenvalue weighted by atomic mass is 32.2. The fraction of sp³-hybridized carbons (Fsp3) is 0.720. The minimum absolute atomic E-state index is 0.0752. The Balaban J connectivity index is 1.67. The van der Waals surface area contributed by atoms with Gasteiger partial charge < -0.3 is 20.5 Å². The summed E-state index contributed by atoms with van der Waals surface area (Å²) < 4.78 is 32.6. The molecule has 3 atom stereocenters. The van der Waals surface area contributed by atoms with Gasteiger partial charge in [-0.05, 0) is 58.1 Å². The average molecular weight is 525 g/mol. The topological polar surface area (TPSA) is 138 Å². The number of alkyl carbamates (subject to hydrolysis) is 1. The molecule has 2 heterocycles. The number of nitrogens with zero attached hydrogens (tertiary/aromatic N) is 2. The molecule has 36 heavy (non-hydrogen) atoms. The molecule has 1 aromatic rings. The molecular formula is C25H40N4O6S. The normalized spacial score (nSPS) is 23.3. The van der Waals surface area contributed by atoms with Crippen molar-refractivity contribution >= 4 is 22.0 Å². The van der Waals surface area contributed by atoms with Crippen molar-refractivity contribution in [2.24, 2.45) is 5.92 Å². The van der Waals surface area contributed by atoms with E-state index in [2.05, 4.69) is 15.6 Å². The molecule has 1 saturated carbocycles. The van der Waals surface area contributed by atoms with Gasteiger partial charge >= 0.3 is 6.09 Å². The summed E-state index contributed by atoms with van der Waals surface area (Å²) in [6, 6.07) is 3.21. The standard InChI is InChI=1S/C25H40N4O6S/c1-25(2,3)35-24(32)28-20(16-18-10-5-4-6-11-18)23(31)27-19-12-9-15-29(17-21(19)30)36(33,34)22-13-7-8-14-26-22/h7-8,13-14,18-21,30H,4-6,9-12,15-17H2,1-3H3,(H,27,31)(H,28,32)/t19?,20?,21-/m0/s1. The number of carbonyl (C=O) groups is 2. The van der Waals surface area contributed by atoms with Gasteiger partial charge in [0.1, 0.15) is 11.6 Å². The summed E-state index contributed by atoms with van der Waals surface area (Å²) in [6.45, 7) is 5.33. The summed E-state index contributed by atoms with van der Waals surface area (Å²) in [5.74, 6) is -0.0704. The molecule has 11 heteroatoms. The molecule has 0 aromatic carbocycles. The zero-order chi connectivity index (χ0) is 26.3. The second kappa shape index (κ2) is 12.3. The van der Waals surface area contributed by atoms with E-state index in [4.69, 9.17) is 4.74 Å². The van der Waals surface area contributed by atoms with Crippen LogP contribution in [0.2, 0.25) is 0 Å². The Morgan fingerprint density at radius 2 is 1.89 bits per heavy atom. The van der Waals surface area contributed by atoms with Gasteiger partial charge in [0, 0.05) is 19.3 Å². The maximum absolute atomic E-state index is 13.3. The maximum Gasteiger partial charge on any atom is 0.408 e. The molecule has 3 N–H and O–H groups in total. The minimum atomic E-state index is -3.86. The zero-order valence-electron chi connectivity index (χ0n) is 21.5. The second-order valence-electron chi connectivity index (χ2n) is 10.8. The van der Waals surface area contributed by atoms with Crippen LogP contribution in [0.1, 0.15) is 72.1 Å². The third-order valence-corrected chi connectivity index (χ3v) is 8.43. The van der Waals surface area contributed by atoms with Crippen LogP contribution >= 0.6 is 0 Å². The summed E-state index contributed by atoms with van der Waals surface area (Å²) in [7, 11) is -3.86. The number of hydrogen-bond donors (Lipinski definition) is 3. The summed E-state index contributed by atoms with van der Waals surface area (Å²) in [5.41, 5.74) is -0.698. The van der Waals surface area contributed by atoms with E-state index in [1.807, 2.05) is 0 Å². The molecule has 1 aliphatic heterocycles. The number of aromatic nitrogens is 1. The molecule has 1 saturated heterocycles. The molecule has 1 aliphatic carbocycles. The molecule has 0 spiro atoms. The highest BCUT2D eigenvalue weighted by Crippen LogP contribution is 2.28. The summed E-state index contributed by atoms with van der Waals surface area (Å²) >= 11 is 0. The van der Waals surface area contributed by atoms with E-state index in [9.17, 15) is 23.1 Å². The molecule has 2 unspecified atom stereocenters.